The number of aromatic nitrogens is 4. The number of hydrogen-bond donors (Lipinski definition) is 0. The van der Waals surface area contributed by atoms with Crippen molar-refractivity contribution in [1.29, 1.82) is 0 Å². The molecule has 4 aromatic rings. The summed E-state index contributed by atoms with van der Waals surface area (Å²) in [6, 6.07) is 10.6. The predicted molar refractivity (Wildman–Crippen MR) is 113 cm³/mol. The van der Waals surface area contributed by atoms with Crippen LogP contribution in [0.3, 0.4) is 0 Å². The molecular weight excluding hydrogens is 442 g/mol. The topological polar surface area (TPSA) is 107 Å². The second-order valence-electron chi connectivity index (χ2n) is 7.02. The molecule has 9 nitrogen and oxygen atoms in total. The van der Waals surface area contributed by atoms with E-state index in [1.54, 1.807) is 44.2 Å². The number of hydrogen-bond acceptors (Lipinski definition) is 7. The maximum Gasteiger partial charge on any atom is 0.248 e. The first kappa shape index (κ1) is 21.3. The van der Waals surface area contributed by atoms with E-state index in [0.29, 0.717) is 33.9 Å². The third-order valence-corrected chi connectivity index (χ3v) is 7.07. The van der Waals surface area contributed by atoms with E-state index in [-0.39, 0.29) is 18.0 Å². The molecule has 1 aromatic carbocycles. The van der Waals surface area contributed by atoms with Crippen molar-refractivity contribution in [3.05, 3.63) is 70.7 Å². The molecule has 0 amide bonds. The Hall–Kier alpha value is -2.95. The average molecular weight is 462 g/mol. The SMILES string of the molecule is Cc1nn(Cc2nc(-c3cccc(Cl)c3)no2)c(C)c1S(=O)(=O)N(C)Cc1ccco1. The van der Waals surface area contributed by atoms with Crippen molar-refractivity contribution >= 4 is 21.6 Å². The van der Waals surface area contributed by atoms with Gasteiger partial charge in [-0.2, -0.15) is 14.4 Å². The molecule has 3 heterocycles. The van der Waals surface area contributed by atoms with Gasteiger partial charge < -0.3 is 8.94 Å². The van der Waals surface area contributed by atoms with Gasteiger partial charge in [0.1, 0.15) is 17.2 Å². The van der Waals surface area contributed by atoms with Gasteiger partial charge in [0.15, 0.2) is 0 Å². The highest BCUT2D eigenvalue weighted by Gasteiger charge is 2.29. The minimum absolute atomic E-state index is 0.117. The first-order chi connectivity index (χ1) is 14.8. The van der Waals surface area contributed by atoms with Gasteiger partial charge in [0, 0.05) is 17.6 Å². The highest BCUT2D eigenvalue weighted by atomic mass is 35.5. The lowest BCUT2D eigenvalue weighted by Gasteiger charge is -2.16. The Morgan fingerprint density at radius 3 is 2.71 bits per heavy atom. The van der Waals surface area contributed by atoms with Crippen LogP contribution in [0.2, 0.25) is 5.02 Å². The summed E-state index contributed by atoms with van der Waals surface area (Å²) in [4.78, 5) is 4.52. The van der Waals surface area contributed by atoms with Gasteiger partial charge in [0.25, 0.3) is 0 Å². The van der Waals surface area contributed by atoms with Crippen LogP contribution in [-0.4, -0.2) is 39.7 Å². The molecule has 0 radical (unpaired) electrons. The number of sulfonamides is 1. The van der Waals surface area contributed by atoms with Gasteiger partial charge in [0.05, 0.1) is 24.2 Å². The van der Waals surface area contributed by atoms with Gasteiger partial charge in [-0.15, -0.1) is 0 Å². The molecule has 0 saturated heterocycles. The van der Waals surface area contributed by atoms with E-state index >= 15 is 0 Å². The Bertz CT molecular complexity index is 1310. The van der Waals surface area contributed by atoms with Crippen molar-refractivity contribution in [2.45, 2.75) is 31.8 Å². The number of nitrogens with zero attached hydrogens (tertiary/aromatic N) is 5. The molecule has 0 bridgehead atoms. The monoisotopic (exact) mass is 461 g/mol. The summed E-state index contributed by atoms with van der Waals surface area (Å²) in [6.45, 7) is 3.61. The summed E-state index contributed by atoms with van der Waals surface area (Å²) < 4.78 is 39.7. The Morgan fingerprint density at radius 1 is 1.19 bits per heavy atom. The lowest BCUT2D eigenvalue weighted by molar-refractivity contribution is 0.364. The summed E-state index contributed by atoms with van der Waals surface area (Å²) in [5, 5.41) is 8.93. The van der Waals surface area contributed by atoms with Crippen molar-refractivity contribution in [3.8, 4) is 11.4 Å². The van der Waals surface area contributed by atoms with Gasteiger partial charge in [-0.25, -0.2) is 8.42 Å². The number of aryl methyl sites for hydroxylation is 1. The van der Waals surface area contributed by atoms with Crippen LogP contribution < -0.4 is 0 Å². The van der Waals surface area contributed by atoms with Crippen LogP contribution in [-0.2, 0) is 23.1 Å². The van der Waals surface area contributed by atoms with Crippen molar-refractivity contribution in [1.82, 2.24) is 24.2 Å². The van der Waals surface area contributed by atoms with Gasteiger partial charge in [-0.05, 0) is 38.1 Å². The van der Waals surface area contributed by atoms with Crippen LogP contribution in [0.4, 0.5) is 0 Å². The fourth-order valence-electron chi connectivity index (χ4n) is 3.26. The Morgan fingerprint density at radius 2 is 2.00 bits per heavy atom. The molecular formula is C20H20ClN5O4S. The van der Waals surface area contributed by atoms with Gasteiger partial charge in [-0.1, -0.05) is 28.9 Å². The van der Waals surface area contributed by atoms with Crippen LogP contribution >= 0.6 is 11.6 Å². The molecule has 31 heavy (non-hydrogen) atoms. The quantitative estimate of drug-likeness (QED) is 0.413. The van der Waals surface area contributed by atoms with Crippen molar-refractivity contribution in [3.63, 3.8) is 0 Å². The molecule has 0 atom stereocenters. The van der Waals surface area contributed by atoms with Crippen LogP contribution in [0.25, 0.3) is 11.4 Å². The van der Waals surface area contributed by atoms with E-state index in [0.717, 1.165) is 5.56 Å². The second-order valence-corrected chi connectivity index (χ2v) is 9.44. The molecule has 3 aromatic heterocycles. The lowest BCUT2D eigenvalue weighted by atomic mass is 10.2. The first-order valence-corrected chi connectivity index (χ1v) is 11.2. The van der Waals surface area contributed by atoms with Crippen molar-refractivity contribution in [2.75, 3.05) is 7.05 Å². The lowest BCUT2D eigenvalue weighted by Crippen LogP contribution is -2.27. The molecule has 0 aliphatic rings. The molecule has 11 heteroatoms. The largest absolute Gasteiger partial charge is 0.468 e. The Balaban J connectivity index is 1.59. The standard InChI is InChI=1S/C20H20ClN5O4S/c1-13-19(31(27,28)25(3)11-17-8-5-9-29-17)14(2)26(23-13)12-18-22-20(24-30-18)15-6-4-7-16(21)10-15/h4-10H,11-12H2,1-3H3. The van der Waals surface area contributed by atoms with Crippen LogP contribution in [0.5, 0.6) is 0 Å². The summed E-state index contributed by atoms with van der Waals surface area (Å²) in [5.74, 6) is 1.24. The summed E-state index contributed by atoms with van der Waals surface area (Å²) >= 11 is 6.02. The molecule has 4 rings (SSSR count). The zero-order chi connectivity index (χ0) is 22.2. The Kier molecular flexibility index (Phi) is 5.69. The third kappa shape index (κ3) is 4.27. The number of furan rings is 1. The van der Waals surface area contributed by atoms with E-state index in [4.69, 9.17) is 20.5 Å². The molecule has 0 spiro atoms. The van der Waals surface area contributed by atoms with Gasteiger partial charge in [0.2, 0.25) is 21.7 Å². The van der Waals surface area contributed by atoms with E-state index in [1.165, 1.54) is 22.3 Å². The number of halogens is 1. The summed E-state index contributed by atoms with van der Waals surface area (Å²) in [7, 11) is -2.28. The van der Waals surface area contributed by atoms with Crippen molar-refractivity contribution in [2.24, 2.45) is 0 Å². The molecule has 0 unspecified atom stereocenters. The molecule has 0 fully saturated rings. The smallest absolute Gasteiger partial charge is 0.248 e. The fraction of sp³-hybridized carbons (Fsp3) is 0.250. The van der Waals surface area contributed by atoms with E-state index in [2.05, 4.69) is 15.2 Å². The molecule has 162 valence electrons. The zero-order valence-corrected chi connectivity index (χ0v) is 18.7. The number of rotatable bonds is 7. The van der Waals surface area contributed by atoms with Gasteiger partial charge >= 0.3 is 0 Å². The van der Waals surface area contributed by atoms with Crippen LogP contribution in [0, 0.1) is 13.8 Å². The number of benzene rings is 1. The molecule has 0 aliphatic carbocycles. The van der Waals surface area contributed by atoms with Crippen LogP contribution in [0.15, 0.2) is 56.5 Å². The average Bonchev–Trinajstić information content (AvgIpc) is 3.44. The van der Waals surface area contributed by atoms with E-state index in [9.17, 15) is 8.42 Å². The van der Waals surface area contributed by atoms with Crippen molar-refractivity contribution < 1.29 is 17.4 Å². The summed E-state index contributed by atoms with van der Waals surface area (Å²) in [6.07, 6.45) is 1.51. The highest BCUT2D eigenvalue weighted by Crippen LogP contribution is 2.25. The van der Waals surface area contributed by atoms with Crippen LogP contribution in [0.1, 0.15) is 23.0 Å². The maximum atomic E-state index is 13.2. The normalized spacial score (nSPS) is 12.0. The van der Waals surface area contributed by atoms with Gasteiger partial charge in [-0.3, -0.25) is 4.68 Å². The summed E-state index contributed by atoms with van der Waals surface area (Å²) in [5.41, 5.74) is 1.59. The molecule has 0 saturated carbocycles. The van der Waals surface area contributed by atoms with E-state index < -0.39 is 10.0 Å². The minimum atomic E-state index is -3.78. The second kappa shape index (κ2) is 8.29. The third-order valence-electron chi connectivity index (χ3n) is 4.78. The predicted octanol–water partition coefficient (Wildman–Crippen LogP) is 3.67. The fourth-order valence-corrected chi connectivity index (χ4v) is 4.95. The zero-order valence-electron chi connectivity index (χ0n) is 17.1. The maximum absolute atomic E-state index is 13.2. The molecule has 0 aliphatic heterocycles. The molecule has 0 N–H and O–H groups in total. The first-order valence-electron chi connectivity index (χ1n) is 9.37. The Labute approximate surface area is 184 Å². The minimum Gasteiger partial charge on any atom is -0.468 e. The van der Waals surface area contributed by atoms with E-state index in [1.807, 2.05) is 6.07 Å². The highest BCUT2D eigenvalue weighted by molar-refractivity contribution is 7.89.